The molecule has 0 aliphatic carbocycles. The number of anilines is 2. The van der Waals surface area contributed by atoms with Gasteiger partial charge in [0.15, 0.2) is 0 Å². The third-order valence-electron chi connectivity index (χ3n) is 2.88. The van der Waals surface area contributed by atoms with E-state index in [0.717, 1.165) is 10.0 Å². The lowest BCUT2D eigenvalue weighted by Gasteiger charge is -2.08. The maximum Gasteiger partial charge on any atom is 0.237 e. The molecule has 0 aliphatic rings. The van der Waals surface area contributed by atoms with Gasteiger partial charge in [-0.15, -0.1) is 0 Å². The van der Waals surface area contributed by atoms with Crippen molar-refractivity contribution in [3.8, 4) is 0 Å². The fourth-order valence-electron chi connectivity index (χ4n) is 1.73. The molecule has 1 unspecified atom stereocenters. The van der Waals surface area contributed by atoms with Crippen LogP contribution in [0.2, 0.25) is 0 Å². The van der Waals surface area contributed by atoms with E-state index < -0.39 is 10.8 Å². The molecule has 4 nitrogen and oxygen atoms in total. The van der Waals surface area contributed by atoms with Crippen molar-refractivity contribution in [3.63, 3.8) is 0 Å². The molecule has 21 heavy (non-hydrogen) atoms. The van der Waals surface area contributed by atoms with Crippen molar-refractivity contribution in [1.82, 2.24) is 0 Å². The minimum Gasteiger partial charge on any atom is -0.398 e. The second-order valence-corrected chi connectivity index (χ2v) is 6.93. The Morgan fingerprint density at radius 1 is 1.29 bits per heavy atom. The van der Waals surface area contributed by atoms with Crippen molar-refractivity contribution >= 4 is 44.0 Å². The van der Waals surface area contributed by atoms with Gasteiger partial charge >= 0.3 is 0 Å². The highest BCUT2D eigenvalue weighted by molar-refractivity contribution is 9.10. The average molecular weight is 367 g/mol. The van der Waals surface area contributed by atoms with Crippen LogP contribution in [0.5, 0.6) is 0 Å². The lowest BCUT2D eigenvalue weighted by Crippen LogP contribution is -2.19. The molecule has 0 saturated heterocycles. The van der Waals surface area contributed by atoms with Crippen molar-refractivity contribution in [1.29, 1.82) is 0 Å². The van der Waals surface area contributed by atoms with Gasteiger partial charge in [-0.25, -0.2) is 0 Å². The Bertz CT molecular complexity index is 704. The summed E-state index contributed by atoms with van der Waals surface area (Å²) in [6, 6.07) is 12.4. The molecule has 0 fully saturated rings. The molecule has 0 heterocycles. The van der Waals surface area contributed by atoms with Gasteiger partial charge in [0.2, 0.25) is 5.91 Å². The van der Waals surface area contributed by atoms with Gasteiger partial charge in [0.1, 0.15) is 5.75 Å². The standard InChI is InChI=1S/C15H15BrN2O2S/c1-10-5-6-12(8-14(10)17)18-15(19)9-21(20)13-4-2-3-11(16)7-13/h2-8H,9,17H2,1H3,(H,18,19). The zero-order valence-electron chi connectivity index (χ0n) is 11.4. The molecular weight excluding hydrogens is 352 g/mol. The van der Waals surface area contributed by atoms with E-state index in [-0.39, 0.29) is 11.7 Å². The van der Waals surface area contributed by atoms with Gasteiger partial charge in [-0.05, 0) is 42.8 Å². The average Bonchev–Trinajstić information content (AvgIpc) is 2.43. The predicted octanol–water partition coefficient (Wildman–Crippen LogP) is 3.09. The van der Waals surface area contributed by atoms with E-state index in [0.29, 0.717) is 16.3 Å². The monoisotopic (exact) mass is 366 g/mol. The minimum atomic E-state index is -1.38. The third kappa shape index (κ3) is 4.41. The predicted molar refractivity (Wildman–Crippen MR) is 89.6 cm³/mol. The van der Waals surface area contributed by atoms with E-state index in [9.17, 15) is 9.00 Å². The number of halogens is 1. The molecule has 0 spiro atoms. The molecule has 0 saturated carbocycles. The second-order valence-electron chi connectivity index (χ2n) is 4.57. The first-order valence-corrected chi connectivity index (χ1v) is 8.37. The van der Waals surface area contributed by atoms with Crippen LogP contribution in [-0.2, 0) is 15.6 Å². The number of carbonyl (C=O) groups is 1. The highest BCUT2D eigenvalue weighted by atomic mass is 79.9. The Kier molecular flexibility index (Phi) is 5.14. The van der Waals surface area contributed by atoms with Gasteiger partial charge in [-0.3, -0.25) is 9.00 Å². The maximum absolute atomic E-state index is 12.1. The summed E-state index contributed by atoms with van der Waals surface area (Å²) in [5.74, 6) is -0.402. The number of benzene rings is 2. The van der Waals surface area contributed by atoms with Crippen LogP contribution in [-0.4, -0.2) is 15.9 Å². The number of aryl methyl sites for hydroxylation is 1. The fraction of sp³-hybridized carbons (Fsp3) is 0.133. The normalized spacial score (nSPS) is 11.9. The molecule has 1 atom stereocenters. The van der Waals surface area contributed by atoms with E-state index in [1.54, 1.807) is 30.3 Å². The lowest BCUT2D eigenvalue weighted by molar-refractivity contribution is -0.113. The van der Waals surface area contributed by atoms with E-state index in [4.69, 9.17) is 5.73 Å². The zero-order valence-corrected chi connectivity index (χ0v) is 13.8. The van der Waals surface area contributed by atoms with Crippen LogP contribution in [0.15, 0.2) is 51.8 Å². The van der Waals surface area contributed by atoms with Gasteiger partial charge < -0.3 is 11.1 Å². The summed E-state index contributed by atoms with van der Waals surface area (Å²) in [5.41, 5.74) is 7.96. The summed E-state index contributed by atoms with van der Waals surface area (Å²) in [7, 11) is -1.38. The number of nitrogen functional groups attached to an aromatic ring is 1. The number of amides is 1. The van der Waals surface area contributed by atoms with Crippen molar-refractivity contribution in [2.75, 3.05) is 16.8 Å². The maximum atomic E-state index is 12.1. The molecule has 0 aliphatic heterocycles. The Balaban J connectivity index is 2.01. The van der Waals surface area contributed by atoms with Crippen molar-refractivity contribution < 1.29 is 9.00 Å². The molecule has 2 rings (SSSR count). The molecule has 0 aromatic heterocycles. The van der Waals surface area contributed by atoms with Gasteiger partial charge in [-0.1, -0.05) is 28.1 Å². The van der Waals surface area contributed by atoms with Crippen molar-refractivity contribution in [2.45, 2.75) is 11.8 Å². The largest absolute Gasteiger partial charge is 0.398 e. The molecule has 0 bridgehead atoms. The van der Waals surface area contributed by atoms with Gasteiger partial charge in [-0.2, -0.15) is 0 Å². The minimum absolute atomic E-state index is 0.0930. The number of rotatable bonds is 4. The Morgan fingerprint density at radius 3 is 2.71 bits per heavy atom. The first kappa shape index (κ1) is 15.7. The highest BCUT2D eigenvalue weighted by Crippen LogP contribution is 2.18. The molecule has 2 aromatic carbocycles. The Labute approximate surface area is 134 Å². The summed E-state index contributed by atoms with van der Waals surface area (Å²) in [4.78, 5) is 12.5. The van der Waals surface area contributed by atoms with Crippen LogP contribution >= 0.6 is 15.9 Å². The van der Waals surface area contributed by atoms with Crippen LogP contribution in [0.3, 0.4) is 0 Å². The highest BCUT2D eigenvalue weighted by Gasteiger charge is 2.11. The zero-order chi connectivity index (χ0) is 15.4. The summed E-state index contributed by atoms with van der Waals surface area (Å²) in [6.45, 7) is 1.89. The molecule has 3 N–H and O–H groups in total. The van der Waals surface area contributed by atoms with E-state index in [1.165, 1.54) is 0 Å². The van der Waals surface area contributed by atoms with Gasteiger partial charge in [0.05, 0.1) is 10.8 Å². The third-order valence-corrected chi connectivity index (χ3v) is 4.68. The van der Waals surface area contributed by atoms with Crippen LogP contribution in [0.4, 0.5) is 11.4 Å². The Morgan fingerprint density at radius 2 is 2.05 bits per heavy atom. The first-order chi connectivity index (χ1) is 9.95. The van der Waals surface area contributed by atoms with Crippen LogP contribution < -0.4 is 11.1 Å². The van der Waals surface area contributed by atoms with E-state index in [1.807, 2.05) is 19.1 Å². The van der Waals surface area contributed by atoms with Crippen LogP contribution in [0.25, 0.3) is 0 Å². The van der Waals surface area contributed by atoms with Crippen LogP contribution in [0, 0.1) is 6.92 Å². The first-order valence-electron chi connectivity index (χ1n) is 6.25. The van der Waals surface area contributed by atoms with Gasteiger partial charge in [0.25, 0.3) is 0 Å². The molecule has 2 aromatic rings. The second kappa shape index (κ2) is 6.87. The van der Waals surface area contributed by atoms with Gasteiger partial charge in [0, 0.05) is 20.7 Å². The molecule has 110 valence electrons. The van der Waals surface area contributed by atoms with E-state index >= 15 is 0 Å². The molecular formula is C15H15BrN2O2S. The number of hydrogen-bond acceptors (Lipinski definition) is 3. The van der Waals surface area contributed by atoms with Crippen LogP contribution in [0.1, 0.15) is 5.56 Å². The summed E-state index contributed by atoms with van der Waals surface area (Å²) >= 11 is 3.32. The van der Waals surface area contributed by atoms with E-state index in [2.05, 4.69) is 21.2 Å². The number of hydrogen-bond donors (Lipinski definition) is 2. The number of nitrogens with one attached hydrogen (secondary N) is 1. The summed E-state index contributed by atoms with van der Waals surface area (Å²) < 4.78 is 13.0. The lowest BCUT2D eigenvalue weighted by atomic mass is 10.2. The number of nitrogens with two attached hydrogens (primary N) is 1. The number of carbonyl (C=O) groups excluding carboxylic acids is 1. The topological polar surface area (TPSA) is 72.2 Å². The smallest absolute Gasteiger partial charge is 0.237 e. The summed E-state index contributed by atoms with van der Waals surface area (Å²) in [5, 5.41) is 2.70. The quantitative estimate of drug-likeness (QED) is 0.816. The molecule has 6 heteroatoms. The SMILES string of the molecule is Cc1ccc(NC(=O)CS(=O)c2cccc(Br)c2)cc1N. The molecule has 0 radical (unpaired) electrons. The van der Waals surface area contributed by atoms with Crippen molar-refractivity contribution in [2.24, 2.45) is 0 Å². The summed E-state index contributed by atoms with van der Waals surface area (Å²) in [6.07, 6.45) is 0. The Hall–Kier alpha value is -1.66. The molecule has 1 amide bonds. The van der Waals surface area contributed by atoms with Crippen molar-refractivity contribution in [3.05, 3.63) is 52.5 Å². The fourth-order valence-corrected chi connectivity index (χ4v) is 3.24.